The first-order chi connectivity index (χ1) is 9.70. The molecule has 0 bridgehead atoms. The zero-order valence-corrected chi connectivity index (χ0v) is 11.0. The van der Waals surface area contributed by atoms with Gasteiger partial charge in [0.1, 0.15) is 6.04 Å². The highest BCUT2D eigenvalue weighted by molar-refractivity contribution is 6.31. The highest BCUT2D eigenvalue weighted by Gasteiger charge is 2.24. The van der Waals surface area contributed by atoms with E-state index in [4.69, 9.17) is 21.8 Å². The highest BCUT2D eigenvalue weighted by Crippen LogP contribution is 2.21. The number of carbonyl (C=O) groups is 3. The van der Waals surface area contributed by atoms with Gasteiger partial charge in [0.2, 0.25) is 0 Å². The second-order valence-electron chi connectivity index (χ2n) is 3.92. The Hall–Kier alpha value is -2.68. The van der Waals surface area contributed by atoms with Crippen molar-refractivity contribution in [1.82, 2.24) is 5.32 Å². The smallest absolute Gasteiger partial charge is 0.326 e. The molecule has 1 amide bonds. The fourth-order valence-corrected chi connectivity index (χ4v) is 1.66. The molecule has 1 atom stereocenters. The summed E-state index contributed by atoms with van der Waals surface area (Å²) in [5.74, 6) is -3.93. The maximum atomic E-state index is 11.8. The van der Waals surface area contributed by atoms with Gasteiger partial charge < -0.3 is 15.5 Å². The third kappa shape index (κ3) is 4.73. The average molecular weight is 317 g/mol. The first kappa shape index (κ1) is 16.4. The number of nitro benzene ring substituents is 1. The van der Waals surface area contributed by atoms with Gasteiger partial charge in [-0.15, -0.1) is 0 Å². The number of benzene rings is 1. The maximum Gasteiger partial charge on any atom is 0.326 e. The first-order valence-corrected chi connectivity index (χ1v) is 5.79. The summed E-state index contributed by atoms with van der Waals surface area (Å²) in [6, 6.07) is 1.36. The molecule has 0 saturated carbocycles. The number of nitrogens with one attached hydrogen (secondary N) is 1. The van der Waals surface area contributed by atoms with Crippen LogP contribution in [0.4, 0.5) is 5.69 Å². The van der Waals surface area contributed by atoms with Crippen LogP contribution in [0.25, 0.3) is 0 Å². The van der Waals surface area contributed by atoms with E-state index < -0.39 is 40.9 Å². The monoisotopic (exact) mass is 316 g/mol. The minimum Gasteiger partial charge on any atom is -0.481 e. The number of rotatable bonds is 6. The van der Waals surface area contributed by atoms with E-state index in [0.717, 1.165) is 18.2 Å². The highest BCUT2D eigenvalue weighted by atomic mass is 35.5. The summed E-state index contributed by atoms with van der Waals surface area (Å²) < 4.78 is 0. The van der Waals surface area contributed by atoms with E-state index in [9.17, 15) is 24.5 Å². The Morgan fingerprint density at radius 3 is 2.38 bits per heavy atom. The quantitative estimate of drug-likeness (QED) is 0.521. The van der Waals surface area contributed by atoms with Crippen molar-refractivity contribution in [2.24, 2.45) is 0 Å². The van der Waals surface area contributed by atoms with Gasteiger partial charge in [-0.05, 0) is 6.07 Å². The lowest BCUT2D eigenvalue weighted by atomic mass is 10.1. The molecule has 1 aromatic rings. The van der Waals surface area contributed by atoms with Gasteiger partial charge in [0, 0.05) is 22.7 Å². The first-order valence-electron chi connectivity index (χ1n) is 5.41. The number of hydrogen-bond acceptors (Lipinski definition) is 5. The molecule has 3 N–H and O–H groups in total. The summed E-state index contributed by atoms with van der Waals surface area (Å²) in [4.78, 5) is 43.0. The molecule has 0 radical (unpaired) electrons. The molecular formula is C11H9ClN2O7. The standard InChI is InChI=1S/C11H9ClN2O7/c12-6-1-5(2-7(3-6)14(20)21)10(17)13-8(11(18)19)4-9(15)16/h1-3,8H,4H2,(H,13,17)(H,15,16)(H,18,19)/t8-/m1/s1. The van der Waals surface area contributed by atoms with E-state index in [1.54, 1.807) is 0 Å². The molecule has 0 heterocycles. The van der Waals surface area contributed by atoms with Gasteiger partial charge >= 0.3 is 11.9 Å². The largest absolute Gasteiger partial charge is 0.481 e. The second kappa shape index (κ2) is 6.66. The average Bonchev–Trinajstić information content (AvgIpc) is 2.36. The molecule has 21 heavy (non-hydrogen) atoms. The van der Waals surface area contributed by atoms with Crippen LogP contribution in [0.5, 0.6) is 0 Å². The lowest BCUT2D eigenvalue weighted by Gasteiger charge is -2.12. The number of non-ortho nitro benzene ring substituents is 1. The molecule has 1 aromatic carbocycles. The number of carbonyl (C=O) groups excluding carboxylic acids is 1. The molecule has 9 nitrogen and oxygen atoms in total. The molecule has 1 rings (SSSR count). The van der Waals surface area contributed by atoms with E-state index >= 15 is 0 Å². The van der Waals surface area contributed by atoms with Gasteiger partial charge in [-0.25, -0.2) is 4.79 Å². The minimum atomic E-state index is -1.66. The van der Waals surface area contributed by atoms with Crippen molar-refractivity contribution < 1.29 is 29.5 Å². The number of hydrogen-bond donors (Lipinski definition) is 3. The number of amides is 1. The Balaban J connectivity index is 2.99. The molecule has 0 aliphatic carbocycles. The number of aliphatic carboxylic acids is 2. The zero-order chi connectivity index (χ0) is 16.2. The Morgan fingerprint density at radius 2 is 1.90 bits per heavy atom. The van der Waals surface area contributed by atoms with Crippen LogP contribution < -0.4 is 5.32 Å². The van der Waals surface area contributed by atoms with Crippen LogP contribution >= 0.6 is 11.6 Å². The zero-order valence-electron chi connectivity index (χ0n) is 10.3. The van der Waals surface area contributed by atoms with Crippen LogP contribution in [0.3, 0.4) is 0 Å². The second-order valence-corrected chi connectivity index (χ2v) is 4.35. The van der Waals surface area contributed by atoms with E-state index in [1.807, 2.05) is 5.32 Å². The molecule has 0 aromatic heterocycles. The molecular weight excluding hydrogens is 308 g/mol. The normalized spacial score (nSPS) is 11.5. The van der Waals surface area contributed by atoms with Crippen LogP contribution in [0.2, 0.25) is 5.02 Å². The summed E-state index contributed by atoms with van der Waals surface area (Å²) in [7, 11) is 0. The number of carboxylic acids is 2. The predicted octanol–water partition coefficient (Wildman–Crippen LogP) is 0.906. The number of halogens is 1. The van der Waals surface area contributed by atoms with Gasteiger partial charge in [0.25, 0.3) is 11.6 Å². The molecule has 0 fully saturated rings. The van der Waals surface area contributed by atoms with Crippen molar-refractivity contribution in [2.75, 3.05) is 0 Å². The van der Waals surface area contributed by atoms with Crippen LogP contribution in [0.1, 0.15) is 16.8 Å². The SMILES string of the molecule is O=C(O)C[C@@H](NC(=O)c1cc(Cl)cc([N+](=O)[O-])c1)C(=O)O. The third-order valence-corrected chi connectivity index (χ3v) is 2.56. The van der Waals surface area contributed by atoms with Crippen LogP contribution in [-0.2, 0) is 9.59 Å². The van der Waals surface area contributed by atoms with Crippen molar-refractivity contribution in [3.8, 4) is 0 Å². The fourth-order valence-electron chi connectivity index (χ4n) is 1.43. The van der Waals surface area contributed by atoms with Gasteiger partial charge in [-0.1, -0.05) is 11.6 Å². The van der Waals surface area contributed by atoms with Crippen molar-refractivity contribution in [1.29, 1.82) is 0 Å². The van der Waals surface area contributed by atoms with E-state index in [1.165, 1.54) is 0 Å². The maximum absolute atomic E-state index is 11.8. The molecule has 10 heteroatoms. The van der Waals surface area contributed by atoms with Gasteiger partial charge in [-0.3, -0.25) is 19.7 Å². The van der Waals surface area contributed by atoms with Gasteiger partial charge in [0.05, 0.1) is 11.3 Å². The van der Waals surface area contributed by atoms with E-state index in [-0.39, 0.29) is 10.6 Å². The van der Waals surface area contributed by atoms with Crippen LogP contribution in [0.15, 0.2) is 18.2 Å². The van der Waals surface area contributed by atoms with Gasteiger partial charge in [0.15, 0.2) is 0 Å². The van der Waals surface area contributed by atoms with E-state index in [0.29, 0.717) is 0 Å². The fraction of sp³-hybridized carbons (Fsp3) is 0.182. The molecule has 0 saturated heterocycles. The Kier molecular flexibility index (Phi) is 5.19. The van der Waals surface area contributed by atoms with Crippen molar-refractivity contribution in [2.45, 2.75) is 12.5 Å². The number of carboxylic acid groups (broad SMARTS) is 2. The molecule has 0 spiro atoms. The Bertz CT molecular complexity index is 617. The Labute approximate surface area is 122 Å². The summed E-state index contributed by atoms with van der Waals surface area (Å²) in [5.41, 5.74) is -0.691. The van der Waals surface area contributed by atoms with E-state index in [2.05, 4.69) is 0 Å². The molecule has 0 aliphatic heterocycles. The Morgan fingerprint density at radius 1 is 1.29 bits per heavy atom. The van der Waals surface area contributed by atoms with Crippen molar-refractivity contribution in [3.63, 3.8) is 0 Å². The summed E-state index contributed by atoms with van der Waals surface area (Å²) in [6.07, 6.45) is -0.830. The minimum absolute atomic E-state index is 0.0838. The third-order valence-electron chi connectivity index (χ3n) is 2.34. The summed E-state index contributed by atoms with van der Waals surface area (Å²) in [5, 5.41) is 29.9. The molecule has 0 unspecified atom stereocenters. The van der Waals surface area contributed by atoms with Crippen molar-refractivity contribution >= 4 is 35.1 Å². The summed E-state index contributed by atoms with van der Waals surface area (Å²) in [6.45, 7) is 0. The van der Waals surface area contributed by atoms with Gasteiger partial charge in [-0.2, -0.15) is 0 Å². The van der Waals surface area contributed by atoms with Crippen molar-refractivity contribution in [3.05, 3.63) is 38.9 Å². The molecule has 0 aliphatic rings. The lowest BCUT2D eigenvalue weighted by Crippen LogP contribution is -2.42. The number of nitro groups is 1. The summed E-state index contributed by atoms with van der Waals surface area (Å²) >= 11 is 5.63. The predicted molar refractivity (Wildman–Crippen MR) is 69.2 cm³/mol. The molecule has 112 valence electrons. The van der Waals surface area contributed by atoms with Crippen LogP contribution in [-0.4, -0.2) is 39.0 Å². The topological polar surface area (TPSA) is 147 Å². The number of nitrogens with zero attached hydrogens (tertiary/aromatic N) is 1. The van der Waals surface area contributed by atoms with Crippen LogP contribution in [0, 0.1) is 10.1 Å². The lowest BCUT2D eigenvalue weighted by molar-refractivity contribution is -0.384.